The SMILES string of the molecule is O=C(NCC1(C(=O)O)CCC1)NC1CCCc2sccc21. The molecule has 1 atom stereocenters. The second kappa shape index (κ2) is 5.67. The fraction of sp³-hybridized carbons (Fsp3) is 0.600. The van der Waals surface area contributed by atoms with Gasteiger partial charge in [-0.2, -0.15) is 0 Å². The van der Waals surface area contributed by atoms with E-state index in [9.17, 15) is 14.7 Å². The lowest BCUT2D eigenvalue weighted by molar-refractivity contribution is -0.153. The Morgan fingerprint density at radius 2 is 2.19 bits per heavy atom. The van der Waals surface area contributed by atoms with E-state index in [1.807, 2.05) is 0 Å². The summed E-state index contributed by atoms with van der Waals surface area (Å²) in [6, 6.07) is 1.88. The number of thiophene rings is 1. The third-order valence-electron chi connectivity index (χ3n) is 4.71. The monoisotopic (exact) mass is 308 g/mol. The van der Waals surface area contributed by atoms with Crippen molar-refractivity contribution in [3.63, 3.8) is 0 Å². The van der Waals surface area contributed by atoms with Crippen LogP contribution in [0.5, 0.6) is 0 Å². The lowest BCUT2D eigenvalue weighted by atomic mass is 9.69. The number of aryl methyl sites for hydroxylation is 1. The van der Waals surface area contributed by atoms with E-state index in [-0.39, 0.29) is 18.6 Å². The van der Waals surface area contributed by atoms with Gasteiger partial charge in [0.2, 0.25) is 0 Å². The van der Waals surface area contributed by atoms with E-state index in [4.69, 9.17) is 0 Å². The van der Waals surface area contributed by atoms with Crippen LogP contribution in [0.4, 0.5) is 4.79 Å². The van der Waals surface area contributed by atoms with Gasteiger partial charge in [-0.05, 0) is 49.1 Å². The third-order valence-corrected chi connectivity index (χ3v) is 5.71. The van der Waals surface area contributed by atoms with Crippen LogP contribution < -0.4 is 10.6 Å². The van der Waals surface area contributed by atoms with Gasteiger partial charge in [-0.3, -0.25) is 4.79 Å². The van der Waals surface area contributed by atoms with E-state index in [1.165, 1.54) is 10.4 Å². The lowest BCUT2D eigenvalue weighted by Crippen LogP contribution is -2.50. The summed E-state index contributed by atoms with van der Waals surface area (Å²) in [6.07, 6.45) is 5.35. The number of carboxylic acids is 1. The smallest absolute Gasteiger partial charge is 0.315 e. The van der Waals surface area contributed by atoms with Crippen LogP contribution in [0.25, 0.3) is 0 Å². The van der Waals surface area contributed by atoms with Crippen LogP contribution in [-0.2, 0) is 11.2 Å². The Morgan fingerprint density at radius 1 is 1.38 bits per heavy atom. The van der Waals surface area contributed by atoms with Gasteiger partial charge >= 0.3 is 12.0 Å². The molecule has 1 unspecified atom stereocenters. The quantitative estimate of drug-likeness (QED) is 0.800. The van der Waals surface area contributed by atoms with Gasteiger partial charge < -0.3 is 15.7 Å². The molecule has 2 aliphatic rings. The number of fused-ring (bicyclic) bond motifs is 1. The summed E-state index contributed by atoms with van der Waals surface area (Å²) in [6.45, 7) is 0.220. The van der Waals surface area contributed by atoms with Gasteiger partial charge in [-0.1, -0.05) is 6.42 Å². The Balaban J connectivity index is 1.55. The molecular formula is C15H20N2O3S. The molecule has 3 rings (SSSR count). The first-order chi connectivity index (χ1) is 10.1. The van der Waals surface area contributed by atoms with E-state index in [0.717, 1.165) is 25.7 Å². The Hall–Kier alpha value is -1.56. The van der Waals surface area contributed by atoms with Crippen molar-refractivity contribution in [1.29, 1.82) is 0 Å². The molecule has 2 amide bonds. The Bertz CT molecular complexity index is 551. The fourth-order valence-corrected chi connectivity index (χ4v) is 4.15. The number of amides is 2. The zero-order valence-corrected chi connectivity index (χ0v) is 12.7. The summed E-state index contributed by atoms with van der Waals surface area (Å²) < 4.78 is 0. The van der Waals surface area contributed by atoms with Crippen molar-refractivity contribution in [3.05, 3.63) is 21.9 Å². The highest BCUT2D eigenvalue weighted by molar-refractivity contribution is 7.10. The van der Waals surface area contributed by atoms with Crippen molar-refractivity contribution in [2.75, 3.05) is 6.54 Å². The van der Waals surface area contributed by atoms with Gasteiger partial charge in [0.05, 0.1) is 11.5 Å². The number of carbonyl (C=O) groups excluding carboxylic acids is 1. The molecule has 1 saturated carbocycles. The lowest BCUT2D eigenvalue weighted by Gasteiger charge is -2.37. The van der Waals surface area contributed by atoms with Crippen LogP contribution in [0.2, 0.25) is 0 Å². The van der Waals surface area contributed by atoms with Crippen LogP contribution in [0.3, 0.4) is 0 Å². The molecule has 2 aliphatic carbocycles. The maximum Gasteiger partial charge on any atom is 0.315 e. The molecular weight excluding hydrogens is 288 g/mol. The number of nitrogens with one attached hydrogen (secondary N) is 2. The van der Waals surface area contributed by atoms with Gasteiger partial charge in [0.1, 0.15) is 0 Å². The Morgan fingerprint density at radius 3 is 2.86 bits per heavy atom. The summed E-state index contributed by atoms with van der Waals surface area (Å²) in [5, 5.41) is 17.1. The van der Waals surface area contributed by atoms with Crippen LogP contribution in [0.15, 0.2) is 11.4 Å². The fourth-order valence-electron chi connectivity index (χ4n) is 3.16. The summed E-state index contributed by atoms with van der Waals surface area (Å²) in [4.78, 5) is 24.7. The van der Waals surface area contributed by atoms with Gasteiger partial charge in [0, 0.05) is 11.4 Å². The largest absolute Gasteiger partial charge is 0.481 e. The van der Waals surface area contributed by atoms with E-state index in [2.05, 4.69) is 22.1 Å². The molecule has 0 aliphatic heterocycles. The van der Waals surface area contributed by atoms with Crippen molar-refractivity contribution in [3.8, 4) is 0 Å². The van der Waals surface area contributed by atoms with E-state index >= 15 is 0 Å². The Labute approximate surface area is 127 Å². The van der Waals surface area contributed by atoms with Crippen LogP contribution in [0, 0.1) is 5.41 Å². The third kappa shape index (κ3) is 2.77. The topological polar surface area (TPSA) is 78.4 Å². The van der Waals surface area contributed by atoms with Gasteiger partial charge in [-0.25, -0.2) is 4.79 Å². The molecule has 5 nitrogen and oxygen atoms in total. The highest BCUT2D eigenvalue weighted by atomic mass is 32.1. The van der Waals surface area contributed by atoms with Crippen LogP contribution in [0.1, 0.15) is 48.6 Å². The summed E-state index contributed by atoms with van der Waals surface area (Å²) >= 11 is 1.74. The van der Waals surface area contributed by atoms with Gasteiger partial charge in [0.25, 0.3) is 0 Å². The number of aliphatic carboxylic acids is 1. The summed E-state index contributed by atoms with van der Waals surface area (Å²) in [5.41, 5.74) is 0.482. The minimum Gasteiger partial charge on any atom is -0.481 e. The highest BCUT2D eigenvalue weighted by Gasteiger charge is 2.44. The van der Waals surface area contributed by atoms with Crippen molar-refractivity contribution >= 4 is 23.3 Å². The molecule has 1 aromatic rings. The molecule has 0 radical (unpaired) electrons. The summed E-state index contributed by atoms with van der Waals surface area (Å²) in [5.74, 6) is -0.799. The minimum absolute atomic E-state index is 0.0576. The van der Waals surface area contributed by atoms with E-state index in [0.29, 0.717) is 12.8 Å². The molecule has 21 heavy (non-hydrogen) atoms. The average molecular weight is 308 g/mol. The van der Waals surface area contributed by atoms with Crippen molar-refractivity contribution in [1.82, 2.24) is 10.6 Å². The van der Waals surface area contributed by atoms with Crippen molar-refractivity contribution in [2.24, 2.45) is 5.41 Å². The number of carboxylic acid groups (broad SMARTS) is 1. The second-order valence-electron chi connectivity index (χ2n) is 6.01. The zero-order valence-electron chi connectivity index (χ0n) is 11.9. The van der Waals surface area contributed by atoms with Crippen LogP contribution in [-0.4, -0.2) is 23.7 Å². The molecule has 0 aromatic carbocycles. The maximum atomic E-state index is 12.0. The minimum atomic E-state index is -0.799. The predicted octanol–water partition coefficient (Wildman–Crippen LogP) is 2.68. The van der Waals surface area contributed by atoms with E-state index in [1.54, 1.807) is 11.3 Å². The molecule has 0 spiro atoms. The molecule has 1 fully saturated rings. The normalized spacial score (nSPS) is 22.8. The first kappa shape index (κ1) is 14.4. The molecule has 1 aromatic heterocycles. The first-order valence-electron chi connectivity index (χ1n) is 7.45. The number of carbonyl (C=O) groups is 2. The molecule has 1 heterocycles. The number of rotatable bonds is 4. The highest BCUT2D eigenvalue weighted by Crippen LogP contribution is 2.40. The molecule has 114 valence electrons. The Kier molecular flexibility index (Phi) is 3.89. The maximum absolute atomic E-state index is 12.0. The van der Waals surface area contributed by atoms with Gasteiger partial charge in [0.15, 0.2) is 0 Å². The summed E-state index contributed by atoms with van der Waals surface area (Å²) in [7, 11) is 0. The van der Waals surface area contributed by atoms with Crippen molar-refractivity contribution in [2.45, 2.75) is 44.6 Å². The number of hydrogen-bond acceptors (Lipinski definition) is 3. The number of hydrogen-bond donors (Lipinski definition) is 3. The molecule has 0 bridgehead atoms. The molecule has 3 N–H and O–H groups in total. The van der Waals surface area contributed by atoms with Crippen LogP contribution >= 0.6 is 11.3 Å². The average Bonchev–Trinajstić information content (AvgIpc) is 2.86. The van der Waals surface area contributed by atoms with E-state index < -0.39 is 11.4 Å². The first-order valence-corrected chi connectivity index (χ1v) is 8.33. The molecule has 6 heteroatoms. The zero-order chi connectivity index (χ0) is 14.9. The number of urea groups is 1. The standard InChI is InChI=1S/C15H20N2O3S/c18-13(19)15(6-2-7-15)9-16-14(20)17-11-3-1-4-12-10(11)5-8-21-12/h5,8,11H,1-4,6-7,9H2,(H,18,19)(H2,16,17,20). The van der Waals surface area contributed by atoms with Gasteiger partial charge in [-0.15, -0.1) is 11.3 Å². The molecule has 0 saturated heterocycles. The second-order valence-corrected chi connectivity index (χ2v) is 7.01. The van der Waals surface area contributed by atoms with Crippen molar-refractivity contribution < 1.29 is 14.7 Å². The predicted molar refractivity (Wildman–Crippen MR) is 80.5 cm³/mol.